The first-order chi connectivity index (χ1) is 10.6. The summed E-state index contributed by atoms with van der Waals surface area (Å²) in [4.78, 5) is 15.9. The lowest BCUT2D eigenvalue weighted by Gasteiger charge is -2.06. The molecule has 0 radical (unpaired) electrons. The first-order valence-corrected chi connectivity index (χ1v) is 6.71. The molecule has 2 aromatic carbocycles. The molecule has 110 valence electrons. The number of hydrogen-bond donors (Lipinski definition) is 1. The highest BCUT2D eigenvalue weighted by Gasteiger charge is 2.11. The number of hydrogen-bond acceptors (Lipinski definition) is 2. The van der Waals surface area contributed by atoms with Gasteiger partial charge in [0.2, 0.25) is 0 Å². The number of nitrogens with zero attached hydrogens (tertiary/aromatic N) is 1. The van der Waals surface area contributed by atoms with Crippen LogP contribution in [0.15, 0.2) is 54.7 Å². The van der Waals surface area contributed by atoms with Crippen molar-refractivity contribution in [1.82, 2.24) is 10.3 Å². The number of amides is 1. The van der Waals surface area contributed by atoms with Crippen molar-refractivity contribution in [3.05, 3.63) is 77.5 Å². The summed E-state index contributed by atoms with van der Waals surface area (Å²) in [7, 11) is 0. The molecule has 1 aromatic heterocycles. The molecule has 1 N–H and O–H groups in total. The molecule has 0 aliphatic heterocycles. The summed E-state index contributed by atoms with van der Waals surface area (Å²) in [6.45, 7) is 0.384. The Labute approximate surface area is 125 Å². The zero-order valence-electron chi connectivity index (χ0n) is 11.5. The standard InChI is InChI=1S/C17H12F2N2O/c18-14-7-6-12-8-13(10-20-16(12)15(14)19)17(22)21-9-11-4-2-1-3-5-11/h1-8,10H,9H2,(H,21,22). The summed E-state index contributed by atoms with van der Waals surface area (Å²) >= 11 is 0. The van der Waals surface area contributed by atoms with Crippen LogP contribution in [0.25, 0.3) is 10.9 Å². The van der Waals surface area contributed by atoms with E-state index in [-0.39, 0.29) is 11.4 Å². The zero-order valence-corrected chi connectivity index (χ0v) is 11.5. The van der Waals surface area contributed by atoms with Crippen LogP contribution in [-0.2, 0) is 6.54 Å². The smallest absolute Gasteiger partial charge is 0.253 e. The Morgan fingerprint density at radius 2 is 1.86 bits per heavy atom. The van der Waals surface area contributed by atoms with Crippen molar-refractivity contribution in [2.45, 2.75) is 6.54 Å². The molecule has 0 aliphatic rings. The minimum Gasteiger partial charge on any atom is -0.348 e. The maximum absolute atomic E-state index is 13.6. The second kappa shape index (κ2) is 5.89. The molecule has 0 atom stereocenters. The Morgan fingerprint density at radius 3 is 2.64 bits per heavy atom. The highest BCUT2D eigenvalue weighted by atomic mass is 19.2. The van der Waals surface area contributed by atoms with Crippen LogP contribution in [0.3, 0.4) is 0 Å². The zero-order chi connectivity index (χ0) is 15.5. The first-order valence-electron chi connectivity index (χ1n) is 6.71. The van der Waals surface area contributed by atoms with Crippen molar-refractivity contribution < 1.29 is 13.6 Å². The first kappa shape index (κ1) is 14.1. The number of halogens is 2. The van der Waals surface area contributed by atoms with E-state index in [2.05, 4.69) is 10.3 Å². The van der Waals surface area contributed by atoms with Gasteiger partial charge in [-0.3, -0.25) is 9.78 Å². The van der Waals surface area contributed by atoms with Crippen molar-refractivity contribution >= 4 is 16.8 Å². The predicted molar refractivity (Wildman–Crippen MR) is 79.3 cm³/mol. The van der Waals surface area contributed by atoms with Gasteiger partial charge < -0.3 is 5.32 Å². The van der Waals surface area contributed by atoms with Crippen LogP contribution in [0.4, 0.5) is 8.78 Å². The lowest BCUT2D eigenvalue weighted by Crippen LogP contribution is -2.22. The van der Waals surface area contributed by atoms with E-state index in [9.17, 15) is 13.6 Å². The number of rotatable bonds is 3. The van der Waals surface area contributed by atoms with Crippen LogP contribution in [-0.4, -0.2) is 10.9 Å². The van der Waals surface area contributed by atoms with E-state index < -0.39 is 11.6 Å². The highest BCUT2D eigenvalue weighted by molar-refractivity contribution is 5.97. The normalized spacial score (nSPS) is 10.6. The third-order valence-corrected chi connectivity index (χ3v) is 3.30. The second-order valence-corrected chi connectivity index (χ2v) is 4.83. The molecule has 1 heterocycles. The van der Waals surface area contributed by atoms with Gasteiger partial charge in [-0.2, -0.15) is 0 Å². The fourth-order valence-electron chi connectivity index (χ4n) is 2.15. The van der Waals surface area contributed by atoms with Gasteiger partial charge >= 0.3 is 0 Å². The van der Waals surface area contributed by atoms with Crippen LogP contribution < -0.4 is 5.32 Å². The van der Waals surface area contributed by atoms with Crippen LogP contribution in [0, 0.1) is 11.6 Å². The molecule has 0 aliphatic carbocycles. The average Bonchev–Trinajstić information content (AvgIpc) is 2.56. The van der Waals surface area contributed by atoms with E-state index in [1.54, 1.807) is 0 Å². The number of carbonyl (C=O) groups excluding carboxylic acids is 1. The number of carbonyl (C=O) groups is 1. The van der Waals surface area contributed by atoms with E-state index in [0.717, 1.165) is 11.6 Å². The Hall–Kier alpha value is -2.82. The molecule has 1 amide bonds. The molecule has 0 spiro atoms. The SMILES string of the molecule is O=C(NCc1ccccc1)c1cnc2c(F)c(F)ccc2c1. The van der Waals surface area contributed by atoms with Crippen molar-refractivity contribution in [3.8, 4) is 0 Å². The average molecular weight is 298 g/mol. The summed E-state index contributed by atoms with van der Waals surface area (Å²) in [5, 5.41) is 3.14. The van der Waals surface area contributed by atoms with E-state index >= 15 is 0 Å². The Kier molecular flexibility index (Phi) is 3.78. The molecular weight excluding hydrogens is 286 g/mol. The molecule has 0 saturated carbocycles. The van der Waals surface area contributed by atoms with Crippen molar-refractivity contribution in [2.24, 2.45) is 0 Å². The maximum Gasteiger partial charge on any atom is 0.253 e. The van der Waals surface area contributed by atoms with Gasteiger partial charge in [0.15, 0.2) is 11.6 Å². The van der Waals surface area contributed by atoms with Crippen LogP contribution in [0.5, 0.6) is 0 Å². The minimum absolute atomic E-state index is 0.0837. The minimum atomic E-state index is -1.01. The largest absolute Gasteiger partial charge is 0.348 e. The number of pyridine rings is 1. The molecule has 0 saturated heterocycles. The molecule has 5 heteroatoms. The van der Waals surface area contributed by atoms with Crippen molar-refractivity contribution in [1.29, 1.82) is 0 Å². The predicted octanol–water partition coefficient (Wildman–Crippen LogP) is 3.44. The van der Waals surface area contributed by atoms with Gasteiger partial charge in [-0.05, 0) is 23.8 Å². The Morgan fingerprint density at radius 1 is 1.09 bits per heavy atom. The molecular formula is C17H12F2N2O. The quantitative estimate of drug-likeness (QED) is 0.805. The Balaban J connectivity index is 1.81. The van der Waals surface area contributed by atoms with E-state index in [1.807, 2.05) is 30.3 Å². The number of fused-ring (bicyclic) bond motifs is 1. The fourth-order valence-corrected chi connectivity index (χ4v) is 2.15. The third-order valence-electron chi connectivity index (χ3n) is 3.30. The fraction of sp³-hybridized carbons (Fsp3) is 0.0588. The summed E-state index contributed by atoms with van der Waals surface area (Å²) in [5.74, 6) is -2.28. The van der Waals surface area contributed by atoms with Gasteiger partial charge in [0.05, 0.1) is 5.56 Å². The van der Waals surface area contributed by atoms with Gasteiger partial charge in [-0.15, -0.1) is 0 Å². The maximum atomic E-state index is 13.6. The lowest BCUT2D eigenvalue weighted by atomic mass is 10.1. The number of nitrogens with one attached hydrogen (secondary N) is 1. The molecule has 0 bridgehead atoms. The molecule has 0 fully saturated rings. The molecule has 3 nitrogen and oxygen atoms in total. The Bertz CT molecular complexity index is 835. The molecule has 0 unspecified atom stereocenters. The van der Waals surface area contributed by atoms with Crippen LogP contribution in [0.2, 0.25) is 0 Å². The molecule has 22 heavy (non-hydrogen) atoms. The third kappa shape index (κ3) is 2.79. The van der Waals surface area contributed by atoms with Crippen LogP contribution >= 0.6 is 0 Å². The van der Waals surface area contributed by atoms with Gasteiger partial charge in [0.1, 0.15) is 5.52 Å². The second-order valence-electron chi connectivity index (χ2n) is 4.83. The highest BCUT2D eigenvalue weighted by Crippen LogP contribution is 2.19. The lowest BCUT2D eigenvalue weighted by molar-refractivity contribution is 0.0950. The summed E-state index contributed by atoms with van der Waals surface area (Å²) < 4.78 is 26.7. The van der Waals surface area contributed by atoms with Gasteiger partial charge in [0, 0.05) is 18.1 Å². The van der Waals surface area contributed by atoms with Crippen molar-refractivity contribution in [2.75, 3.05) is 0 Å². The molecule has 3 aromatic rings. The van der Waals surface area contributed by atoms with Gasteiger partial charge in [0.25, 0.3) is 5.91 Å². The topological polar surface area (TPSA) is 42.0 Å². The van der Waals surface area contributed by atoms with E-state index in [0.29, 0.717) is 17.5 Å². The van der Waals surface area contributed by atoms with Crippen molar-refractivity contribution in [3.63, 3.8) is 0 Å². The van der Waals surface area contributed by atoms with E-state index in [1.165, 1.54) is 18.3 Å². The number of aromatic nitrogens is 1. The number of benzene rings is 2. The summed E-state index contributed by atoms with van der Waals surface area (Å²) in [6, 6.07) is 13.4. The summed E-state index contributed by atoms with van der Waals surface area (Å²) in [5.41, 5.74) is 1.19. The van der Waals surface area contributed by atoms with Crippen LogP contribution in [0.1, 0.15) is 15.9 Å². The van der Waals surface area contributed by atoms with Gasteiger partial charge in [-0.25, -0.2) is 8.78 Å². The van der Waals surface area contributed by atoms with Gasteiger partial charge in [-0.1, -0.05) is 30.3 Å². The van der Waals surface area contributed by atoms with E-state index in [4.69, 9.17) is 0 Å². The monoisotopic (exact) mass is 298 g/mol. The molecule has 3 rings (SSSR count). The summed E-state index contributed by atoms with van der Waals surface area (Å²) in [6.07, 6.45) is 1.24.